The van der Waals surface area contributed by atoms with Crippen LogP contribution < -0.4 is 10.4 Å². The van der Waals surface area contributed by atoms with Crippen molar-refractivity contribution in [1.82, 2.24) is 0 Å². The summed E-state index contributed by atoms with van der Waals surface area (Å²) >= 11 is 0. The average Bonchev–Trinajstić information content (AvgIpc) is 3.16. The minimum Gasteiger partial charge on any atom is -0.469 e. The fourth-order valence-electron chi connectivity index (χ4n) is 5.29. The van der Waals surface area contributed by atoms with Crippen LogP contribution in [0.1, 0.15) is 53.9 Å². The van der Waals surface area contributed by atoms with Crippen molar-refractivity contribution in [3.05, 3.63) is 72.8 Å². The maximum atomic E-state index is 12.2. The molecule has 0 bridgehead atoms. The zero-order valence-electron chi connectivity index (χ0n) is 21.1. The molecule has 0 aromatic heterocycles. The molecule has 0 unspecified atom stereocenters. The Hall–Kier alpha value is -2.17. The Labute approximate surface area is 201 Å². The Balaban J connectivity index is 2.09. The van der Waals surface area contributed by atoms with Crippen LogP contribution in [0.4, 0.5) is 0 Å². The molecule has 4 heteroatoms. The maximum absolute atomic E-state index is 12.2. The lowest BCUT2D eigenvalue weighted by Gasteiger charge is -2.45. The van der Waals surface area contributed by atoms with Crippen LogP contribution in [0, 0.1) is 17.8 Å². The fraction of sp³-hybridized carbons (Fsp3) is 0.483. The van der Waals surface area contributed by atoms with E-state index in [9.17, 15) is 4.79 Å². The molecule has 2 aromatic rings. The summed E-state index contributed by atoms with van der Waals surface area (Å²) < 4.78 is 12.5. The van der Waals surface area contributed by atoms with Crippen molar-refractivity contribution in [2.24, 2.45) is 17.8 Å². The van der Waals surface area contributed by atoms with Crippen LogP contribution in [0.5, 0.6) is 0 Å². The van der Waals surface area contributed by atoms with E-state index in [4.69, 9.17) is 9.16 Å². The van der Waals surface area contributed by atoms with Gasteiger partial charge in [-0.3, -0.25) is 4.79 Å². The third-order valence-corrected chi connectivity index (χ3v) is 12.0. The predicted octanol–water partition coefficient (Wildman–Crippen LogP) is 5.73. The number of benzene rings is 2. The smallest absolute Gasteiger partial charge is 0.305 e. The highest BCUT2D eigenvalue weighted by atomic mass is 28.4. The summed E-state index contributed by atoms with van der Waals surface area (Å²) in [5.41, 5.74) is 0. The molecule has 2 aromatic carbocycles. The van der Waals surface area contributed by atoms with Crippen LogP contribution in [0.3, 0.4) is 0 Å². The highest BCUT2D eigenvalue weighted by Crippen LogP contribution is 2.44. The standard InChI is InChI=1S/C29H40O3Si/c1-22(2)17-19-26-23(21-28(30)31-6)18-20-27(26)32-33(29(3,4)5,24-13-9-7-10-14-24)25-15-11-8-12-16-25/h7-17,19,22-23,26-27H,18,20-21H2,1-6H3/b19-17+/t23-,26+,27-/m1/s1. The second-order valence-electron chi connectivity index (χ2n) is 10.6. The van der Waals surface area contributed by atoms with E-state index < -0.39 is 8.32 Å². The van der Waals surface area contributed by atoms with E-state index in [2.05, 4.69) is 107 Å². The molecule has 33 heavy (non-hydrogen) atoms. The molecule has 0 heterocycles. The van der Waals surface area contributed by atoms with E-state index in [1.54, 1.807) is 0 Å². The fourth-order valence-corrected chi connectivity index (χ4v) is 10.0. The molecule has 3 atom stereocenters. The SMILES string of the molecule is COC(=O)C[C@H]1CC[C@@H](O[Si](c2ccccc2)(c2ccccc2)C(C)(C)C)[C@H]1/C=C/C(C)C. The van der Waals surface area contributed by atoms with Gasteiger partial charge < -0.3 is 9.16 Å². The Morgan fingerprint density at radius 3 is 2.00 bits per heavy atom. The number of hydrogen-bond donors (Lipinski definition) is 0. The summed E-state index contributed by atoms with van der Waals surface area (Å²) in [4.78, 5) is 12.2. The molecule has 0 saturated heterocycles. The van der Waals surface area contributed by atoms with E-state index in [0.717, 1.165) is 12.8 Å². The van der Waals surface area contributed by atoms with Crippen molar-refractivity contribution < 1.29 is 14.0 Å². The molecule has 0 spiro atoms. The molecule has 1 saturated carbocycles. The van der Waals surface area contributed by atoms with Crippen molar-refractivity contribution in [3.8, 4) is 0 Å². The van der Waals surface area contributed by atoms with Crippen LogP contribution in [-0.2, 0) is 14.0 Å². The predicted molar refractivity (Wildman–Crippen MR) is 139 cm³/mol. The molecule has 0 aliphatic heterocycles. The Morgan fingerprint density at radius 2 is 1.55 bits per heavy atom. The lowest BCUT2D eigenvalue weighted by atomic mass is 9.90. The molecule has 1 aliphatic rings. The number of allylic oxidation sites excluding steroid dienone is 1. The molecule has 0 radical (unpaired) electrons. The molecule has 0 amide bonds. The van der Waals surface area contributed by atoms with E-state index in [-0.39, 0.29) is 28.9 Å². The van der Waals surface area contributed by atoms with Gasteiger partial charge in [0.15, 0.2) is 0 Å². The maximum Gasteiger partial charge on any atom is 0.305 e. The second kappa shape index (κ2) is 10.8. The molecule has 1 fully saturated rings. The topological polar surface area (TPSA) is 35.5 Å². The van der Waals surface area contributed by atoms with Gasteiger partial charge in [0.2, 0.25) is 0 Å². The minimum atomic E-state index is -2.64. The zero-order valence-corrected chi connectivity index (χ0v) is 22.1. The summed E-state index contributed by atoms with van der Waals surface area (Å²) in [6, 6.07) is 21.6. The number of rotatable bonds is 8. The second-order valence-corrected chi connectivity index (χ2v) is 14.9. The van der Waals surface area contributed by atoms with Crippen LogP contribution in [0.2, 0.25) is 5.04 Å². The first-order valence-electron chi connectivity index (χ1n) is 12.2. The van der Waals surface area contributed by atoms with E-state index in [1.807, 2.05) is 0 Å². The van der Waals surface area contributed by atoms with Crippen LogP contribution in [-0.4, -0.2) is 27.5 Å². The molecular weight excluding hydrogens is 424 g/mol. The molecule has 178 valence electrons. The summed E-state index contributed by atoms with van der Waals surface area (Å²) in [5.74, 6) is 0.774. The van der Waals surface area contributed by atoms with E-state index in [1.165, 1.54) is 17.5 Å². The first-order chi connectivity index (χ1) is 15.7. The molecule has 3 nitrogen and oxygen atoms in total. The van der Waals surface area contributed by atoms with Gasteiger partial charge in [-0.05, 0) is 40.1 Å². The van der Waals surface area contributed by atoms with Crippen molar-refractivity contribution in [3.63, 3.8) is 0 Å². The largest absolute Gasteiger partial charge is 0.469 e. The minimum absolute atomic E-state index is 0.0670. The van der Waals surface area contributed by atoms with Crippen molar-refractivity contribution in [2.45, 2.75) is 65.0 Å². The molecule has 3 rings (SSSR count). The summed E-state index contributed by atoms with van der Waals surface area (Å²) in [7, 11) is -1.16. The van der Waals surface area contributed by atoms with Crippen molar-refractivity contribution in [2.75, 3.05) is 7.11 Å². The summed E-state index contributed by atoms with van der Waals surface area (Å²) in [6.45, 7) is 11.3. The molecule has 1 aliphatic carbocycles. The first-order valence-corrected chi connectivity index (χ1v) is 14.1. The molecular formula is C29H40O3Si. The normalized spacial score (nSPS) is 21.6. The highest BCUT2D eigenvalue weighted by Gasteiger charge is 2.53. The van der Waals surface area contributed by atoms with Crippen LogP contribution in [0.15, 0.2) is 72.8 Å². The summed E-state index contributed by atoms with van der Waals surface area (Å²) in [5, 5.41) is 2.53. The highest BCUT2D eigenvalue weighted by molar-refractivity contribution is 6.99. The van der Waals surface area contributed by atoms with E-state index >= 15 is 0 Å². The number of methoxy groups -OCH3 is 1. The molecule has 0 N–H and O–H groups in total. The van der Waals surface area contributed by atoms with Gasteiger partial charge in [0.1, 0.15) is 0 Å². The van der Waals surface area contributed by atoms with Gasteiger partial charge in [0.25, 0.3) is 8.32 Å². The lowest BCUT2D eigenvalue weighted by Crippen LogP contribution is -2.68. The Bertz CT molecular complexity index is 875. The third kappa shape index (κ3) is 5.67. The van der Waals surface area contributed by atoms with Crippen molar-refractivity contribution >= 4 is 24.7 Å². The zero-order chi connectivity index (χ0) is 24.1. The van der Waals surface area contributed by atoms with Crippen LogP contribution >= 0.6 is 0 Å². The number of esters is 1. The van der Waals surface area contributed by atoms with Gasteiger partial charge in [-0.1, -0.05) is 107 Å². The van der Waals surface area contributed by atoms with Gasteiger partial charge in [0.05, 0.1) is 13.2 Å². The Morgan fingerprint density at radius 1 is 1.00 bits per heavy atom. The van der Waals surface area contributed by atoms with E-state index in [0.29, 0.717) is 12.3 Å². The lowest BCUT2D eigenvalue weighted by molar-refractivity contribution is -0.141. The van der Waals surface area contributed by atoms with Gasteiger partial charge in [-0.25, -0.2) is 0 Å². The summed E-state index contributed by atoms with van der Waals surface area (Å²) in [6.07, 6.45) is 7.03. The monoisotopic (exact) mass is 464 g/mol. The number of carbonyl (C=O) groups is 1. The number of hydrogen-bond acceptors (Lipinski definition) is 3. The number of carbonyl (C=O) groups excluding carboxylic acids is 1. The average molecular weight is 465 g/mol. The van der Waals surface area contributed by atoms with Crippen molar-refractivity contribution in [1.29, 1.82) is 0 Å². The van der Waals surface area contributed by atoms with Gasteiger partial charge in [0, 0.05) is 12.3 Å². The number of ether oxygens (including phenoxy) is 1. The first kappa shape index (κ1) is 25.4. The Kier molecular flexibility index (Phi) is 8.36. The third-order valence-electron chi connectivity index (χ3n) is 6.92. The van der Waals surface area contributed by atoms with Crippen LogP contribution in [0.25, 0.3) is 0 Å². The van der Waals surface area contributed by atoms with Gasteiger partial charge in [-0.2, -0.15) is 0 Å². The quantitative estimate of drug-likeness (QED) is 0.284. The van der Waals surface area contributed by atoms with Gasteiger partial charge in [-0.15, -0.1) is 0 Å². The van der Waals surface area contributed by atoms with Gasteiger partial charge >= 0.3 is 5.97 Å².